The van der Waals surface area contributed by atoms with Crippen LogP contribution < -0.4 is 10.5 Å². The van der Waals surface area contributed by atoms with Gasteiger partial charge in [0.25, 0.3) is 0 Å². The van der Waals surface area contributed by atoms with Gasteiger partial charge < -0.3 is 10.3 Å². The summed E-state index contributed by atoms with van der Waals surface area (Å²) >= 11 is 6.08. The Hall–Kier alpha value is -3.97. The van der Waals surface area contributed by atoms with Crippen LogP contribution in [0.1, 0.15) is 44.7 Å². The lowest BCUT2D eigenvalue weighted by molar-refractivity contribution is -0.137. The lowest BCUT2D eigenvalue weighted by Gasteiger charge is -2.16. The maximum absolute atomic E-state index is 15.4. The minimum absolute atomic E-state index is 0.0540. The predicted molar refractivity (Wildman–Crippen MR) is 155 cm³/mol. The molecule has 0 bridgehead atoms. The third-order valence-corrected chi connectivity index (χ3v) is 8.28. The van der Waals surface area contributed by atoms with Gasteiger partial charge in [-0.25, -0.2) is 23.6 Å². The lowest BCUT2D eigenvalue weighted by atomic mass is 10.1. The Morgan fingerprint density at radius 1 is 1.14 bits per heavy atom. The standard InChI is InChI=1S/C28H26ClF4N7OS/c1-3-6-18(4-2)40-14-19(24-25(34)36-15-37-27(24)40)16-8-9-22(21(30)11-16)38-42(41)23-7-5-10-39(23)26-20(29)12-17(13-35-26)28(31,32)33/h5,7-15,18,38H,3-4,6H2,1-2H3,(H2,34,36,37). The summed E-state index contributed by atoms with van der Waals surface area (Å²) in [6.45, 7) is 4.20. The molecule has 2 unspecified atom stereocenters. The van der Waals surface area contributed by atoms with Crippen molar-refractivity contribution in [3.63, 3.8) is 0 Å². The fraction of sp³-hybridized carbons (Fsp3) is 0.250. The summed E-state index contributed by atoms with van der Waals surface area (Å²) in [5, 5.41) is 0.429. The van der Waals surface area contributed by atoms with Crippen LogP contribution >= 0.6 is 11.6 Å². The van der Waals surface area contributed by atoms with Gasteiger partial charge in [-0.05, 0) is 48.7 Å². The minimum atomic E-state index is -4.62. The highest BCUT2D eigenvalue weighted by Gasteiger charge is 2.32. The average molecular weight is 620 g/mol. The molecule has 4 aromatic heterocycles. The van der Waals surface area contributed by atoms with Gasteiger partial charge in [-0.3, -0.25) is 9.29 Å². The zero-order valence-corrected chi connectivity index (χ0v) is 24.1. The number of fused-ring (bicyclic) bond motifs is 1. The number of hydrogen-bond donors (Lipinski definition) is 2. The molecule has 5 rings (SSSR count). The quantitative estimate of drug-likeness (QED) is 0.166. The van der Waals surface area contributed by atoms with Gasteiger partial charge in [0.2, 0.25) is 0 Å². The third-order valence-electron chi connectivity index (χ3n) is 6.89. The molecule has 0 fully saturated rings. The van der Waals surface area contributed by atoms with E-state index in [4.69, 9.17) is 17.3 Å². The number of nitrogens with zero attached hydrogens (tertiary/aromatic N) is 5. The predicted octanol–water partition coefficient (Wildman–Crippen LogP) is 7.56. The Kier molecular flexibility index (Phi) is 8.24. The summed E-state index contributed by atoms with van der Waals surface area (Å²) in [7, 11) is -2.03. The normalized spacial score (nSPS) is 13.4. The second kappa shape index (κ2) is 11.7. The fourth-order valence-electron chi connectivity index (χ4n) is 4.85. The highest BCUT2D eigenvalue weighted by atomic mass is 35.5. The van der Waals surface area contributed by atoms with Gasteiger partial charge in [-0.1, -0.05) is 37.9 Å². The number of halogens is 5. The first-order valence-corrected chi connectivity index (χ1v) is 14.6. The van der Waals surface area contributed by atoms with Crippen LogP contribution in [0.4, 0.5) is 29.1 Å². The molecule has 4 heterocycles. The summed E-state index contributed by atoms with van der Waals surface area (Å²) in [6.07, 6.45) is 3.56. The summed E-state index contributed by atoms with van der Waals surface area (Å²) in [5.41, 5.74) is 7.03. The van der Waals surface area contributed by atoms with Crippen molar-refractivity contribution in [3.8, 4) is 16.9 Å². The molecule has 42 heavy (non-hydrogen) atoms. The molecular formula is C28H26ClF4N7OS. The minimum Gasteiger partial charge on any atom is -0.383 e. The van der Waals surface area contributed by atoms with Crippen molar-refractivity contribution >= 4 is 45.1 Å². The van der Waals surface area contributed by atoms with E-state index in [0.29, 0.717) is 28.4 Å². The number of nitrogen functional groups attached to an aromatic ring is 1. The van der Waals surface area contributed by atoms with Gasteiger partial charge >= 0.3 is 6.18 Å². The van der Waals surface area contributed by atoms with Crippen LogP contribution in [0.2, 0.25) is 5.02 Å². The molecule has 220 valence electrons. The van der Waals surface area contributed by atoms with Gasteiger partial charge in [0.1, 0.15) is 28.6 Å². The van der Waals surface area contributed by atoms with Crippen LogP contribution in [0.25, 0.3) is 28.0 Å². The number of nitrogens with two attached hydrogens (primary N) is 1. The first-order chi connectivity index (χ1) is 20.0. The summed E-state index contributed by atoms with van der Waals surface area (Å²) < 4.78 is 73.7. The molecule has 5 aromatic rings. The van der Waals surface area contributed by atoms with E-state index in [0.717, 1.165) is 25.3 Å². The topological polar surface area (TPSA) is 104 Å². The molecule has 0 aliphatic carbocycles. The number of alkyl halides is 3. The van der Waals surface area contributed by atoms with E-state index in [1.807, 2.05) is 6.20 Å². The zero-order chi connectivity index (χ0) is 30.2. The third kappa shape index (κ3) is 5.58. The number of rotatable bonds is 9. The van der Waals surface area contributed by atoms with Gasteiger partial charge in [-0.15, -0.1) is 0 Å². The Morgan fingerprint density at radius 2 is 1.93 bits per heavy atom. The van der Waals surface area contributed by atoms with Crippen LogP contribution in [0.3, 0.4) is 0 Å². The second-order valence-corrected chi connectivity index (χ2v) is 11.1. The van der Waals surface area contributed by atoms with Gasteiger partial charge in [-0.2, -0.15) is 13.2 Å². The smallest absolute Gasteiger partial charge is 0.383 e. The lowest BCUT2D eigenvalue weighted by Crippen LogP contribution is -2.12. The van der Waals surface area contributed by atoms with Crippen LogP contribution in [0.5, 0.6) is 0 Å². The van der Waals surface area contributed by atoms with E-state index in [2.05, 4.69) is 38.1 Å². The molecule has 0 saturated heterocycles. The first kappa shape index (κ1) is 29.5. The second-order valence-electron chi connectivity index (χ2n) is 9.57. The van der Waals surface area contributed by atoms with Crippen LogP contribution in [-0.4, -0.2) is 28.3 Å². The van der Waals surface area contributed by atoms with Crippen molar-refractivity contribution in [1.82, 2.24) is 24.1 Å². The van der Waals surface area contributed by atoms with Crippen molar-refractivity contribution < 1.29 is 21.8 Å². The molecule has 1 aromatic carbocycles. The Balaban J connectivity index is 1.45. The van der Waals surface area contributed by atoms with E-state index in [9.17, 15) is 17.4 Å². The van der Waals surface area contributed by atoms with Crippen molar-refractivity contribution in [2.75, 3.05) is 10.5 Å². The van der Waals surface area contributed by atoms with Gasteiger partial charge in [0, 0.05) is 30.2 Å². The molecule has 0 amide bonds. The molecule has 8 nitrogen and oxygen atoms in total. The van der Waals surface area contributed by atoms with Crippen molar-refractivity contribution in [1.29, 1.82) is 0 Å². The SMILES string of the molecule is CCCC(CC)n1cc(-c2ccc(NS(=O)c3cccn3-c3ncc(C(F)(F)F)cc3Cl)c(F)c2)c2c(N)ncnc21. The Morgan fingerprint density at radius 3 is 2.60 bits per heavy atom. The maximum Gasteiger partial charge on any atom is 0.417 e. The summed E-state index contributed by atoms with van der Waals surface area (Å²) in [6, 6.07) is 8.32. The molecule has 0 saturated carbocycles. The van der Waals surface area contributed by atoms with Gasteiger partial charge in [0.05, 0.1) is 21.7 Å². The molecule has 0 aliphatic heterocycles. The number of aromatic nitrogens is 5. The zero-order valence-electron chi connectivity index (χ0n) is 22.5. The largest absolute Gasteiger partial charge is 0.417 e. The van der Waals surface area contributed by atoms with E-state index >= 15 is 4.39 Å². The number of anilines is 2. The Bertz CT molecular complexity index is 1790. The Labute approximate surface area is 246 Å². The number of benzene rings is 1. The summed E-state index contributed by atoms with van der Waals surface area (Å²) in [5.74, 6) is -0.457. The molecule has 14 heteroatoms. The maximum atomic E-state index is 15.4. The van der Waals surface area contributed by atoms with Crippen molar-refractivity contribution in [2.24, 2.45) is 0 Å². The van der Waals surface area contributed by atoms with Crippen LogP contribution in [0, 0.1) is 5.82 Å². The van der Waals surface area contributed by atoms with Gasteiger partial charge in [0.15, 0.2) is 16.8 Å². The van der Waals surface area contributed by atoms with Crippen LogP contribution in [-0.2, 0) is 17.2 Å². The van der Waals surface area contributed by atoms with E-state index in [1.54, 1.807) is 6.07 Å². The number of hydrogen-bond acceptors (Lipinski definition) is 5. The molecule has 0 spiro atoms. The number of pyridine rings is 1. The van der Waals surface area contributed by atoms with E-state index in [1.165, 1.54) is 41.4 Å². The van der Waals surface area contributed by atoms with Crippen LogP contribution in [0.15, 0.2) is 66.3 Å². The molecule has 0 aliphatic rings. The summed E-state index contributed by atoms with van der Waals surface area (Å²) in [4.78, 5) is 12.4. The highest BCUT2D eigenvalue weighted by molar-refractivity contribution is 7.86. The molecule has 3 N–H and O–H groups in total. The molecule has 0 radical (unpaired) electrons. The molecular weight excluding hydrogens is 594 g/mol. The first-order valence-electron chi connectivity index (χ1n) is 13.0. The molecule has 2 atom stereocenters. The van der Waals surface area contributed by atoms with E-state index < -0.39 is 28.5 Å². The highest BCUT2D eigenvalue weighted by Crippen LogP contribution is 2.37. The monoisotopic (exact) mass is 619 g/mol. The van der Waals surface area contributed by atoms with Crippen molar-refractivity contribution in [2.45, 2.75) is 50.4 Å². The average Bonchev–Trinajstić information content (AvgIpc) is 3.59. The van der Waals surface area contributed by atoms with E-state index in [-0.39, 0.29) is 33.4 Å². The van der Waals surface area contributed by atoms with Crippen molar-refractivity contribution in [3.05, 3.63) is 77.7 Å². The fourth-order valence-corrected chi connectivity index (χ4v) is 6.11. The number of nitrogens with one attached hydrogen (secondary N) is 1.